The fourth-order valence-electron chi connectivity index (χ4n) is 3.19. The normalized spacial score (nSPS) is 21.7. The van der Waals surface area contributed by atoms with Crippen LogP contribution in [0.25, 0.3) is 0 Å². The quantitative estimate of drug-likeness (QED) is 0.912. The van der Waals surface area contributed by atoms with Crippen molar-refractivity contribution in [3.8, 4) is 0 Å². The Morgan fingerprint density at radius 1 is 1.30 bits per heavy atom. The van der Waals surface area contributed by atoms with Gasteiger partial charge in [-0.25, -0.2) is 4.68 Å². The molecule has 2 N–H and O–H groups in total. The molecule has 1 aromatic heterocycles. The first kappa shape index (κ1) is 16.0. The van der Waals surface area contributed by atoms with E-state index in [4.69, 9.17) is 17.3 Å². The lowest BCUT2D eigenvalue weighted by Crippen LogP contribution is -2.29. The van der Waals surface area contributed by atoms with E-state index < -0.39 is 0 Å². The van der Waals surface area contributed by atoms with Crippen LogP contribution in [0.2, 0.25) is 5.15 Å². The standard InChI is InChI=1S/C17H21ClN4O/c1-12-8-21(11-15(12)17(19)23)10-14-7-20-22(16(14)18)9-13-5-3-2-4-6-13/h2-7,12,15H,8-11H2,1H3,(H2,19,23)/t12-,15-/m1/s1. The lowest BCUT2D eigenvalue weighted by molar-refractivity contribution is -0.122. The maximum absolute atomic E-state index is 11.4. The largest absolute Gasteiger partial charge is 0.369 e. The van der Waals surface area contributed by atoms with Crippen LogP contribution in [-0.4, -0.2) is 33.7 Å². The molecule has 5 nitrogen and oxygen atoms in total. The Morgan fingerprint density at radius 3 is 2.70 bits per heavy atom. The average molecular weight is 333 g/mol. The first-order valence-electron chi connectivity index (χ1n) is 7.80. The van der Waals surface area contributed by atoms with Crippen molar-refractivity contribution in [2.45, 2.75) is 20.0 Å². The number of primary amides is 1. The summed E-state index contributed by atoms with van der Waals surface area (Å²) >= 11 is 6.47. The maximum atomic E-state index is 11.4. The van der Waals surface area contributed by atoms with Crippen LogP contribution in [-0.2, 0) is 17.9 Å². The Hall–Kier alpha value is -1.85. The van der Waals surface area contributed by atoms with Gasteiger partial charge in [0.2, 0.25) is 5.91 Å². The molecular formula is C17H21ClN4O. The van der Waals surface area contributed by atoms with Crippen molar-refractivity contribution in [3.63, 3.8) is 0 Å². The minimum absolute atomic E-state index is 0.0758. The topological polar surface area (TPSA) is 64.2 Å². The van der Waals surface area contributed by atoms with Gasteiger partial charge in [0.15, 0.2) is 0 Å². The zero-order chi connectivity index (χ0) is 16.4. The second-order valence-corrected chi connectivity index (χ2v) is 6.64. The van der Waals surface area contributed by atoms with Crippen molar-refractivity contribution < 1.29 is 4.79 Å². The zero-order valence-electron chi connectivity index (χ0n) is 13.2. The molecule has 0 aliphatic carbocycles. The summed E-state index contributed by atoms with van der Waals surface area (Å²) in [4.78, 5) is 13.7. The van der Waals surface area contributed by atoms with Gasteiger partial charge in [0, 0.05) is 25.2 Å². The summed E-state index contributed by atoms with van der Waals surface area (Å²) in [7, 11) is 0. The van der Waals surface area contributed by atoms with Crippen molar-refractivity contribution in [3.05, 3.63) is 52.8 Å². The van der Waals surface area contributed by atoms with Gasteiger partial charge in [0.25, 0.3) is 0 Å². The Morgan fingerprint density at radius 2 is 2.04 bits per heavy atom. The van der Waals surface area contributed by atoms with Crippen LogP contribution >= 0.6 is 11.6 Å². The van der Waals surface area contributed by atoms with Gasteiger partial charge >= 0.3 is 0 Å². The molecule has 1 saturated heterocycles. The van der Waals surface area contributed by atoms with E-state index in [1.807, 2.05) is 24.4 Å². The molecule has 2 atom stereocenters. The molecule has 3 rings (SSSR count). The molecule has 0 radical (unpaired) electrons. The van der Waals surface area contributed by atoms with E-state index in [2.05, 4.69) is 29.1 Å². The van der Waals surface area contributed by atoms with E-state index in [0.29, 0.717) is 24.8 Å². The Kier molecular flexibility index (Phi) is 4.68. The van der Waals surface area contributed by atoms with Crippen LogP contribution in [0.1, 0.15) is 18.1 Å². The van der Waals surface area contributed by atoms with Crippen LogP contribution in [0.15, 0.2) is 36.5 Å². The predicted molar refractivity (Wildman–Crippen MR) is 89.9 cm³/mol. The molecule has 1 aliphatic rings. The SMILES string of the molecule is C[C@@H]1CN(Cc2cnn(Cc3ccccc3)c2Cl)C[C@H]1C(N)=O. The second kappa shape index (κ2) is 6.72. The first-order valence-corrected chi connectivity index (χ1v) is 8.18. The molecule has 1 aromatic carbocycles. The molecule has 23 heavy (non-hydrogen) atoms. The lowest BCUT2D eigenvalue weighted by Gasteiger charge is -2.14. The fourth-order valence-corrected chi connectivity index (χ4v) is 3.40. The van der Waals surface area contributed by atoms with Crippen LogP contribution in [0.4, 0.5) is 0 Å². The highest BCUT2D eigenvalue weighted by molar-refractivity contribution is 6.30. The van der Waals surface area contributed by atoms with E-state index in [9.17, 15) is 4.79 Å². The number of rotatable bonds is 5. The van der Waals surface area contributed by atoms with Crippen molar-refractivity contribution in [2.24, 2.45) is 17.6 Å². The number of hydrogen-bond acceptors (Lipinski definition) is 3. The van der Waals surface area contributed by atoms with Crippen LogP contribution in [0.5, 0.6) is 0 Å². The van der Waals surface area contributed by atoms with Crippen LogP contribution < -0.4 is 5.73 Å². The minimum Gasteiger partial charge on any atom is -0.369 e. The Bertz CT molecular complexity index is 685. The van der Waals surface area contributed by atoms with E-state index in [0.717, 1.165) is 17.7 Å². The molecule has 6 heteroatoms. The monoisotopic (exact) mass is 332 g/mol. The van der Waals surface area contributed by atoms with E-state index in [1.54, 1.807) is 4.68 Å². The molecule has 2 heterocycles. The number of nitrogens with two attached hydrogens (primary N) is 1. The number of halogens is 1. The number of nitrogens with zero attached hydrogens (tertiary/aromatic N) is 3. The van der Waals surface area contributed by atoms with Gasteiger partial charge < -0.3 is 5.73 Å². The van der Waals surface area contributed by atoms with Gasteiger partial charge in [-0.2, -0.15) is 5.10 Å². The molecule has 0 unspecified atom stereocenters. The predicted octanol–water partition coefficient (Wildman–Crippen LogP) is 2.14. The second-order valence-electron chi connectivity index (χ2n) is 6.28. The zero-order valence-corrected chi connectivity index (χ0v) is 13.9. The number of carbonyl (C=O) groups is 1. The minimum atomic E-state index is -0.217. The van der Waals surface area contributed by atoms with E-state index in [1.165, 1.54) is 0 Å². The van der Waals surface area contributed by atoms with Crippen molar-refractivity contribution in [1.29, 1.82) is 0 Å². The highest BCUT2D eigenvalue weighted by Gasteiger charge is 2.33. The fraction of sp³-hybridized carbons (Fsp3) is 0.412. The summed E-state index contributed by atoms with van der Waals surface area (Å²) in [6.45, 7) is 4.96. The molecule has 1 fully saturated rings. The third kappa shape index (κ3) is 3.57. The van der Waals surface area contributed by atoms with Gasteiger partial charge in [0.05, 0.1) is 18.7 Å². The summed E-state index contributed by atoms with van der Waals surface area (Å²) in [6.07, 6.45) is 1.81. The average Bonchev–Trinajstić information content (AvgIpc) is 3.06. The smallest absolute Gasteiger partial charge is 0.222 e. The number of hydrogen-bond donors (Lipinski definition) is 1. The number of aromatic nitrogens is 2. The maximum Gasteiger partial charge on any atom is 0.222 e. The van der Waals surface area contributed by atoms with E-state index in [-0.39, 0.29) is 17.7 Å². The molecule has 0 saturated carbocycles. The Labute approximate surface area is 141 Å². The van der Waals surface area contributed by atoms with Crippen molar-refractivity contribution in [1.82, 2.24) is 14.7 Å². The van der Waals surface area contributed by atoms with Gasteiger partial charge in [-0.15, -0.1) is 0 Å². The van der Waals surface area contributed by atoms with Crippen LogP contribution in [0.3, 0.4) is 0 Å². The third-order valence-corrected chi connectivity index (χ3v) is 4.90. The molecule has 1 amide bonds. The first-order chi connectivity index (χ1) is 11.0. The molecule has 0 spiro atoms. The molecule has 122 valence electrons. The number of benzene rings is 1. The molecular weight excluding hydrogens is 312 g/mol. The van der Waals surface area contributed by atoms with Gasteiger partial charge in [-0.05, 0) is 11.5 Å². The van der Waals surface area contributed by atoms with Crippen molar-refractivity contribution in [2.75, 3.05) is 13.1 Å². The number of amides is 1. The summed E-state index contributed by atoms with van der Waals surface area (Å²) in [5, 5.41) is 5.05. The lowest BCUT2D eigenvalue weighted by atomic mass is 9.98. The van der Waals surface area contributed by atoms with Gasteiger partial charge in [-0.1, -0.05) is 48.9 Å². The van der Waals surface area contributed by atoms with Crippen molar-refractivity contribution >= 4 is 17.5 Å². The molecule has 1 aliphatic heterocycles. The summed E-state index contributed by atoms with van der Waals surface area (Å²) < 4.78 is 1.80. The molecule has 0 bridgehead atoms. The third-order valence-electron chi connectivity index (χ3n) is 4.47. The van der Waals surface area contributed by atoms with Gasteiger partial charge in [-0.3, -0.25) is 9.69 Å². The molecule has 2 aromatic rings. The number of carbonyl (C=O) groups excluding carboxylic acids is 1. The number of likely N-dealkylation sites (tertiary alicyclic amines) is 1. The van der Waals surface area contributed by atoms with Crippen LogP contribution in [0, 0.1) is 11.8 Å². The summed E-state index contributed by atoms with van der Waals surface area (Å²) in [5.74, 6) is -0.00959. The Balaban J connectivity index is 1.67. The highest BCUT2D eigenvalue weighted by atomic mass is 35.5. The van der Waals surface area contributed by atoms with E-state index >= 15 is 0 Å². The highest BCUT2D eigenvalue weighted by Crippen LogP contribution is 2.26. The summed E-state index contributed by atoms with van der Waals surface area (Å²) in [5.41, 5.74) is 7.60. The summed E-state index contributed by atoms with van der Waals surface area (Å²) in [6, 6.07) is 10.1. The van der Waals surface area contributed by atoms with Gasteiger partial charge in [0.1, 0.15) is 5.15 Å².